The Kier molecular flexibility index (Phi) is 8.82. The molecule has 2 aromatic rings. The van der Waals surface area contributed by atoms with Crippen LogP contribution >= 0.6 is 7.60 Å². The van der Waals surface area contributed by atoms with E-state index in [2.05, 4.69) is 4.98 Å². The molecule has 0 saturated heterocycles. The Balaban J connectivity index is 2.09. The number of hydrogen-bond acceptors (Lipinski definition) is 7. The number of unbranched alkanes of at least 4 members (excludes halogenated alkanes) is 2. The van der Waals surface area contributed by atoms with Crippen LogP contribution in [-0.2, 0) is 38.7 Å². The molecule has 2 heterocycles. The van der Waals surface area contributed by atoms with Gasteiger partial charge in [-0.15, -0.1) is 0 Å². The first kappa shape index (κ1) is 23.5. The standard InChI is InChI=1S/C18H31N4O6P/c1-5-26-14-21-13-19-16-15(21)17(23)22(18(24)20(16)4)11-9-8-10-12-29(25,27-6-2)28-7-3/h13H,5-12,14H2,1-4H3. The SMILES string of the molecule is CCOCn1cnc2c1c(=O)n(CCCCCP(=O)(OCC)OCC)c(=O)n2C. The van der Waals surface area contributed by atoms with Gasteiger partial charge in [-0.05, 0) is 33.6 Å². The van der Waals surface area contributed by atoms with Gasteiger partial charge in [-0.1, -0.05) is 6.42 Å². The molecule has 0 aromatic carbocycles. The second kappa shape index (κ2) is 10.9. The topological polar surface area (TPSA) is 107 Å². The van der Waals surface area contributed by atoms with E-state index >= 15 is 0 Å². The van der Waals surface area contributed by atoms with Crippen LogP contribution in [-0.4, -0.2) is 44.7 Å². The highest BCUT2D eigenvalue weighted by atomic mass is 31.2. The summed E-state index contributed by atoms with van der Waals surface area (Å²) in [6.45, 7) is 7.06. The zero-order chi connectivity index (χ0) is 21.4. The summed E-state index contributed by atoms with van der Waals surface area (Å²) in [6.07, 6.45) is 3.73. The molecule has 2 rings (SSSR count). The highest BCUT2D eigenvalue weighted by molar-refractivity contribution is 7.53. The smallest absolute Gasteiger partial charge is 0.332 e. The van der Waals surface area contributed by atoms with Crippen LogP contribution in [0.5, 0.6) is 0 Å². The Morgan fingerprint density at radius 1 is 1.03 bits per heavy atom. The van der Waals surface area contributed by atoms with Crippen LogP contribution < -0.4 is 11.2 Å². The molecule has 0 bridgehead atoms. The van der Waals surface area contributed by atoms with Gasteiger partial charge in [-0.3, -0.25) is 18.5 Å². The Labute approximate surface area is 169 Å². The van der Waals surface area contributed by atoms with Crippen molar-refractivity contribution < 1.29 is 18.3 Å². The van der Waals surface area contributed by atoms with E-state index in [0.29, 0.717) is 56.4 Å². The van der Waals surface area contributed by atoms with Crippen LogP contribution in [0.1, 0.15) is 40.0 Å². The summed E-state index contributed by atoms with van der Waals surface area (Å²) in [5, 5.41) is 0. The zero-order valence-electron chi connectivity index (χ0n) is 17.6. The second-order valence-corrected chi connectivity index (χ2v) is 8.72. The van der Waals surface area contributed by atoms with E-state index in [1.807, 2.05) is 6.92 Å². The van der Waals surface area contributed by atoms with Gasteiger partial charge < -0.3 is 18.4 Å². The van der Waals surface area contributed by atoms with Crippen molar-refractivity contribution in [3.05, 3.63) is 27.2 Å². The van der Waals surface area contributed by atoms with E-state index in [1.54, 1.807) is 25.5 Å². The number of imidazole rings is 1. The molecule has 0 spiro atoms. The van der Waals surface area contributed by atoms with Crippen molar-refractivity contribution in [3.63, 3.8) is 0 Å². The molecular formula is C18H31N4O6P. The molecule has 0 fully saturated rings. The zero-order valence-corrected chi connectivity index (χ0v) is 18.5. The summed E-state index contributed by atoms with van der Waals surface area (Å²) in [5.41, 5.74) is -0.101. The summed E-state index contributed by atoms with van der Waals surface area (Å²) in [6, 6.07) is 0. The van der Waals surface area contributed by atoms with Gasteiger partial charge in [-0.2, -0.15) is 0 Å². The number of hydrogen-bond donors (Lipinski definition) is 0. The van der Waals surface area contributed by atoms with E-state index in [9.17, 15) is 14.2 Å². The number of fused-ring (bicyclic) bond motifs is 1. The molecule has 0 aliphatic rings. The molecule has 0 saturated carbocycles. The van der Waals surface area contributed by atoms with Gasteiger partial charge >= 0.3 is 13.3 Å². The van der Waals surface area contributed by atoms with Crippen molar-refractivity contribution >= 4 is 18.8 Å². The highest BCUT2D eigenvalue weighted by Gasteiger charge is 2.22. The molecule has 0 unspecified atom stereocenters. The van der Waals surface area contributed by atoms with Crippen molar-refractivity contribution in [2.45, 2.75) is 53.3 Å². The van der Waals surface area contributed by atoms with Crippen LogP contribution in [0.25, 0.3) is 11.2 Å². The lowest BCUT2D eigenvalue weighted by Crippen LogP contribution is -2.39. The fourth-order valence-corrected chi connectivity index (χ4v) is 4.85. The minimum Gasteiger partial charge on any atom is -0.361 e. The van der Waals surface area contributed by atoms with Crippen molar-refractivity contribution in [1.29, 1.82) is 0 Å². The first-order valence-corrected chi connectivity index (χ1v) is 11.7. The third kappa shape index (κ3) is 5.66. The monoisotopic (exact) mass is 430 g/mol. The Morgan fingerprint density at radius 2 is 1.72 bits per heavy atom. The molecular weight excluding hydrogens is 399 g/mol. The Hall–Kier alpha value is -1.74. The average molecular weight is 430 g/mol. The van der Waals surface area contributed by atoms with Crippen molar-refractivity contribution in [3.8, 4) is 0 Å². The summed E-state index contributed by atoms with van der Waals surface area (Å²) >= 11 is 0. The number of aromatic nitrogens is 4. The maximum atomic E-state index is 12.9. The highest BCUT2D eigenvalue weighted by Crippen LogP contribution is 2.48. The predicted octanol–water partition coefficient (Wildman–Crippen LogP) is 2.33. The molecule has 0 aliphatic carbocycles. The number of ether oxygens (including phenoxy) is 1. The maximum absolute atomic E-state index is 12.9. The summed E-state index contributed by atoms with van der Waals surface area (Å²) in [7, 11) is -1.46. The van der Waals surface area contributed by atoms with Gasteiger partial charge in [0.15, 0.2) is 11.2 Å². The first-order chi connectivity index (χ1) is 13.9. The summed E-state index contributed by atoms with van der Waals surface area (Å²) < 4.78 is 32.6. The van der Waals surface area contributed by atoms with E-state index < -0.39 is 13.3 Å². The fourth-order valence-electron chi connectivity index (χ4n) is 3.12. The van der Waals surface area contributed by atoms with E-state index in [4.69, 9.17) is 13.8 Å². The fraction of sp³-hybridized carbons (Fsp3) is 0.722. The molecule has 11 heteroatoms. The molecule has 0 amide bonds. The quantitative estimate of drug-likeness (QED) is 0.355. The van der Waals surface area contributed by atoms with Gasteiger partial charge in [0.2, 0.25) is 0 Å². The summed E-state index contributed by atoms with van der Waals surface area (Å²) in [4.78, 5) is 29.6. The maximum Gasteiger partial charge on any atom is 0.332 e. The lowest BCUT2D eigenvalue weighted by atomic mass is 10.2. The van der Waals surface area contributed by atoms with Gasteiger partial charge in [0.1, 0.15) is 6.73 Å². The number of nitrogens with zero attached hydrogens (tertiary/aromatic N) is 4. The minimum absolute atomic E-state index is 0.199. The van der Waals surface area contributed by atoms with E-state index in [1.165, 1.54) is 15.5 Å². The predicted molar refractivity (Wildman–Crippen MR) is 110 cm³/mol. The summed E-state index contributed by atoms with van der Waals surface area (Å²) in [5.74, 6) is 0. The minimum atomic E-state index is -3.06. The van der Waals surface area contributed by atoms with Crippen LogP contribution in [0.15, 0.2) is 15.9 Å². The van der Waals surface area contributed by atoms with Crippen molar-refractivity contribution in [1.82, 2.24) is 18.7 Å². The Morgan fingerprint density at radius 3 is 2.34 bits per heavy atom. The van der Waals surface area contributed by atoms with Crippen LogP contribution in [0, 0.1) is 0 Å². The molecule has 164 valence electrons. The number of aryl methyl sites for hydroxylation is 1. The molecule has 0 N–H and O–H groups in total. The van der Waals surface area contributed by atoms with Gasteiger partial charge in [0.05, 0.1) is 25.7 Å². The van der Waals surface area contributed by atoms with Crippen LogP contribution in [0.4, 0.5) is 0 Å². The van der Waals surface area contributed by atoms with Gasteiger partial charge in [-0.25, -0.2) is 9.78 Å². The normalized spacial score (nSPS) is 12.1. The third-order valence-corrected chi connectivity index (χ3v) is 6.67. The lowest BCUT2D eigenvalue weighted by molar-refractivity contribution is 0.0903. The second-order valence-electron chi connectivity index (χ2n) is 6.54. The largest absolute Gasteiger partial charge is 0.361 e. The van der Waals surface area contributed by atoms with Crippen LogP contribution in [0.3, 0.4) is 0 Å². The first-order valence-electron chi connectivity index (χ1n) is 9.99. The van der Waals surface area contributed by atoms with E-state index in [-0.39, 0.29) is 18.8 Å². The van der Waals surface area contributed by atoms with Gasteiger partial charge in [0.25, 0.3) is 5.56 Å². The molecule has 10 nitrogen and oxygen atoms in total. The molecule has 2 aromatic heterocycles. The van der Waals surface area contributed by atoms with Gasteiger partial charge in [0, 0.05) is 20.2 Å². The Bertz CT molecular complexity index is 954. The van der Waals surface area contributed by atoms with Crippen LogP contribution in [0.2, 0.25) is 0 Å². The molecule has 0 aliphatic heterocycles. The van der Waals surface area contributed by atoms with Crippen molar-refractivity contribution in [2.24, 2.45) is 7.05 Å². The molecule has 0 atom stereocenters. The average Bonchev–Trinajstić information content (AvgIpc) is 3.11. The molecule has 29 heavy (non-hydrogen) atoms. The van der Waals surface area contributed by atoms with E-state index in [0.717, 1.165) is 0 Å². The van der Waals surface area contributed by atoms with Crippen molar-refractivity contribution in [2.75, 3.05) is 26.0 Å². The number of rotatable bonds is 13. The third-order valence-electron chi connectivity index (χ3n) is 4.50. The lowest BCUT2D eigenvalue weighted by Gasteiger charge is -2.16. The molecule has 0 radical (unpaired) electrons.